The van der Waals surface area contributed by atoms with Gasteiger partial charge in [0.05, 0.1) is 0 Å². The molecular weight excluding hydrogens is 320 g/mol. The Hall–Kier alpha value is -0.530. The molecule has 3 N–H and O–H groups in total. The highest BCUT2D eigenvalue weighted by atomic mass is 127. The topological polar surface area (TPSA) is 72.6 Å². The molecule has 1 rings (SSSR count). The average molecular weight is 330 g/mol. The number of para-hydroxylation sites is 1. The molecule has 1 aromatic carbocycles. The first-order valence-electron chi connectivity index (χ1n) is 3.54. The molecule has 0 saturated carbocycles. The van der Waals surface area contributed by atoms with Crippen molar-refractivity contribution in [2.45, 2.75) is 0 Å². The predicted molar refractivity (Wildman–Crippen MR) is 63.0 cm³/mol. The van der Waals surface area contributed by atoms with Crippen molar-refractivity contribution in [1.82, 2.24) is 0 Å². The summed E-state index contributed by atoms with van der Waals surface area (Å²) in [5.74, 6) is -0.900. The second-order valence-electron chi connectivity index (χ2n) is 2.03. The van der Waals surface area contributed by atoms with Crippen molar-refractivity contribution in [3.05, 3.63) is 29.8 Å². The lowest BCUT2D eigenvalue weighted by atomic mass is 10.2. The van der Waals surface area contributed by atoms with Gasteiger partial charge in [0.15, 0.2) is 5.75 Å². The van der Waals surface area contributed by atoms with Crippen LogP contribution in [0.5, 0.6) is 5.75 Å². The van der Waals surface area contributed by atoms with Crippen molar-refractivity contribution in [3.8, 4) is 5.75 Å². The highest BCUT2D eigenvalue weighted by Gasteiger charge is 2.08. The largest absolute Gasteiger partial charge is 0.478 e. The molecule has 4 nitrogen and oxygen atoms in total. The summed E-state index contributed by atoms with van der Waals surface area (Å²) in [7, 11) is 0. The lowest BCUT2D eigenvalue weighted by Gasteiger charge is -1.98. The van der Waals surface area contributed by atoms with Gasteiger partial charge in [0.1, 0.15) is 17.4 Å². The molecule has 0 heterocycles. The molecule has 0 atom stereocenters. The lowest BCUT2D eigenvalue weighted by Crippen LogP contribution is -1.97. The number of carboxylic acid groups (broad SMARTS) is 1. The highest BCUT2D eigenvalue weighted by Crippen LogP contribution is 2.18. The van der Waals surface area contributed by atoms with E-state index in [9.17, 15) is 4.79 Å². The number of aromatic carboxylic acids is 1. The molecule has 1 aromatic rings. The maximum absolute atomic E-state index is 10.4. The molecule has 0 radical (unpaired) electrons. The van der Waals surface area contributed by atoms with Crippen LogP contribution in [0.3, 0.4) is 0 Å². The van der Waals surface area contributed by atoms with Gasteiger partial charge < -0.3 is 15.1 Å². The summed E-state index contributed by atoms with van der Waals surface area (Å²) in [6, 6.07) is 6.14. The molecule has 0 fully saturated rings. The number of alkyl halides is 1. The highest BCUT2D eigenvalue weighted by molar-refractivity contribution is 14.1. The number of hydrogen-bond donors (Lipinski definition) is 2. The summed E-state index contributed by atoms with van der Waals surface area (Å²) >= 11 is 7.08. The number of rotatable bonds is 2. The normalized spacial score (nSPS) is 8.50. The van der Waals surface area contributed by atoms with Gasteiger partial charge in [-0.25, -0.2) is 4.79 Å². The Balaban J connectivity index is 0.000000500. The lowest BCUT2D eigenvalue weighted by molar-refractivity contribution is 0.0695. The third kappa shape index (κ3) is 4.64. The number of carbonyl (C=O) groups is 1. The van der Waals surface area contributed by atoms with Crippen LogP contribution in [0.2, 0.25) is 0 Å². The molecule has 0 amide bonds. The molecule has 6 heteroatoms. The molecule has 0 bridgehead atoms. The Morgan fingerprint density at radius 1 is 1.57 bits per heavy atom. The number of carboxylic acids is 1. The van der Waals surface area contributed by atoms with Crippen molar-refractivity contribution in [3.63, 3.8) is 0 Å². The summed E-state index contributed by atoms with van der Waals surface area (Å²) in [5, 5.41) is 8.56. The van der Waals surface area contributed by atoms with E-state index in [1.807, 2.05) is 0 Å². The maximum atomic E-state index is 10.4. The molecule has 0 aliphatic carbocycles. The van der Waals surface area contributed by atoms with Crippen molar-refractivity contribution >= 4 is 40.4 Å². The van der Waals surface area contributed by atoms with Crippen molar-refractivity contribution < 1.29 is 14.2 Å². The molecule has 0 unspecified atom stereocenters. The first-order chi connectivity index (χ1) is 6.67. The van der Waals surface area contributed by atoms with E-state index in [2.05, 4.69) is 26.9 Å². The van der Waals surface area contributed by atoms with Crippen LogP contribution in [0.25, 0.3) is 0 Å². The van der Waals surface area contributed by atoms with Crippen molar-refractivity contribution in [1.29, 1.82) is 0 Å². The van der Waals surface area contributed by atoms with Gasteiger partial charge in [-0.3, -0.25) is 0 Å². The Morgan fingerprint density at radius 3 is 2.43 bits per heavy atom. The Morgan fingerprint density at radius 2 is 2.07 bits per heavy atom. The molecule has 78 valence electrons. The Kier molecular flexibility index (Phi) is 7.54. The molecular formula is C8H9ClINO3. The molecule has 0 aromatic heterocycles. The zero-order valence-electron chi connectivity index (χ0n) is 7.11. The van der Waals surface area contributed by atoms with E-state index in [1.54, 1.807) is 12.1 Å². The first-order valence-corrected chi connectivity index (χ1v) is 5.37. The summed E-state index contributed by atoms with van der Waals surface area (Å²) in [6.07, 6.45) is 0. The molecule has 14 heavy (non-hydrogen) atoms. The summed E-state index contributed by atoms with van der Waals surface area (Å²) in [4.78, 5) is 10.4. The van der Waals surface area contributed by atoms with Crippen molar-refractivity contribution in [2.24, 2.45) is 5.73 Å². The van der Waals surface area contributed by atoms with Crippen LogP contribution < -0.4 is 10.0 Å². The number of nitrogens with two attached hydrogens (primary N) is 1. The van der Waals surface area contributed by atoms with Crippen LogP contribution in [-0.4, -0.2) is 15.6 Å². The first kappa shape index (κ1) is 13.5. The van der Waals surface area contributed by atoms with Gasteiger partial charge in [-0.15, -0.1) is 0 Å². The van der Waals surface area contributed by atoms with Crippen LogP contribution >= 0.6 is 34.5 Å². The van der Waals surface area contributed by atoms with Crippen LogP contribution in [0.15, 0.2) is 24.3 Å². The van der Waals surface area contributed by atoms with E-state index < -0.39 is 5.97 Å². The minimum atomic E-state index is -1.05. The smallest absolute Gasteiger partial charge is 0.339 e. The predicted octanol–water partition coefficient (Wildman–Crippen LogP) is 2.26. The third-order valence-electron chi connectivity index (χ3n) is 1.20. The fraction of sp³-hybridized carbons (Fsp3) is 0.125. The van der Waals surface area contributed by atoms with E-state index in [4.69, 9.17) is 22.7 Å². The maximum Gasteiger partial charge on any atom is 0.339 e. The minimum Gasteiger partial charge on any atom is -0.478 e. The van der Waals surface area contributed by atoms with E-state index in [1.165, 1.54) is 12.1 Å². The summed E-state index contributed by atoms with van der Waals surface area (Å²) < 4.78 is 5.02. The van der Waals surface area contributed by atoms with Crippen LogP contribution in [0, 0.1) is 0 Å². The molecule has 0 saturated heterocycles. The van der Waals surface area contributed by atoms with Crippen LogP contribution in [0.4, 0.5) is 0 Å². The Labute approximate surface area is 100 Å². The van der Waals surface area contributed by atoms with Gasteiger partial charge in [0, 0.05) is 4.55 Å². The SMILES string of the molecule is NCI.O=C(O)c1ccccc1OCl. The Bertz CT molecular complexity index is 296. The van der Waals surface area contributed by atoms with Gasteiger partial charge >= 0.3 is 5.97 Å². The minimum absolute atomic E-state index is 0.0579. The molecule has 0 aliphatic heterocycles. The van der Waals surface area contributed by atoms with E-state index in [0.717, 1.165) is 4.55 Å². The zero-order valence-corrected chi connectivity index (χ0v) is 10.0. The summed E-state index contributed by atoms with van der Waals surface area (Å²) in [5.41, 5.74) is 4.89. The quantitative estimate of drug-likeness (QED) is 0.496. The van der Waals surface area contributed by atoms with Crippen LogP contribution in [-0.2, 0) is 0 Å². The van der Waals surface area contributed by atoms with Gasteiger partial charge in [-0.05, 0) is 12.1 Å². The average Bonchev–Trinajstić information content (AvgIpc) is 2.19. The van der Waals surface area contributed by atoms with Crippen LogP contribution in [0.1, 0.15) is 10.4 Å². The van der Waals surface area contributed by atoms with E-state index in [0.29, 0.717) is 0 Å². The summed E-state index contributed by atoms with van der Waals surface area (Å²) in [6.45, 7) is 0. The standard InChI is InChI=1S/C7H5ClO3.CH4IN/c8-11-6-4-2-1-3-5(6)7(9)10;2-1-3/h1-4H,(H,9,10);1,3H2. The third-order valence-corrected chi connectivity index (χ3v) is 1.37. The van der Waals surface area contributed by atoms with Crippen molar-refractivity contribution in [2.75, 3.05) is 4.55 Å². The zero-order chi connectivity index (χ0) is 11.0. The molecule has 0 aliphatic rings. The van der Waals surface area contributed by atoms with Gasteiger partial charge in [0.2, 0.25) is 0 Å². The van der Waals surface area contributed by atoms with E-state index >= 15 is 0 Å². The van der Waals surface area contributed by atoms with Gasteiger partial charge in [-0.2, -0.15) is 0 Å². The number of hydrogen-bond acceptors (Lipinski definition) is 3. The fourth-order valence-corrected chi connectivity index (χ4v) is 0.845. The van der Waals surface area contributed by atoms with E-state index in [-0.39, 0.29) is 11.3 Å². The van der Waals surface area contributed by atoms with Gasteiger partial charge in [-0.1, -0.05) is 34.7 Å². The number of halogens is 2. The monoisotopic (exact) mass is 329 g/mol. The van der Waals surface area contributed by atoms with Gasteiger partial charge in [0.25, 0.3) is 0 Å². The molecule has 0 spiro atoms. The second kappa shape index (κ2) is 7.84. The number of benzene rings is 1. The fourth-order valence-electron chi connectivity index (χ4n) is 0.711. The second-order valence-corrected chi connectivity index (χ2v) is 3.07.